The van der Waals surface area contributed by atoms with E-state index in [-0.39, 0.29) is 11.7 Å². The highest BCUT2D eigenvalue weighted by Gasteiger charge is 2.13. The third-order valence-corrected chi connectivity index (χ3v) is 4.28. The summed E-state index contributed by atoms with van der Waals surface area (Å²) in [5, 5.41) is 18.5. The maximum Gasteiger partial charge on any atom is 0.335 e. The second-order valence-electron chi connectivity index (χ2n) is 5.75. The van der Waals surface area contributed by atoms with Crippen LogP contribution < -0.4 is 9.47 Å². The molecule has 2 aromatic carbocycles. The van der Waals surface area contributed by atoms with E-state index in [1.54, 1.807) is 25.3 Å². The number of aromatic carboxylic acids is 1. The number of carbonyl (C=O) groups is 1. The van der Waals surface area contributed by atoms with Gasteiger partial charge in [0.2, 0.25) is 0 Å². The summed E-state index contributed by atoms with van der Waals surface area (Å²) < 4.78 is 12.1. The molecule has 2 rings (SSSR count). The van der Waals surface area contributed by atoms with Crippen LogP contribution in [-0.2, 0) is 0 Å². The Morgan fingerprint density at radius 1 is 1.23 bits per heavy atom. The summed E-state index contributed by atoms with van der Waals surface area (Å²) in [6.07, 6.45) is 1.75. The molecule has 0 aliphatic carbocycles. The highest BCUT2D eigenvalue weighted by molar-refractivity contribution is 14.1. The summed E-state index contributed by atoms with van der Waals surface area (Å²) in [5.74, 6) is 0.263. The van der Waals surface area contributed by atoms with E-state index in [1.165, 1.54) is 12.1 Å². The van der Waals surface area contributed by atoms with E-state index in [2.05, 4.69) is 28.7 Å². The van der Waals surface area contributed by atoms with Gasteiger partial charge in [-0.15, -0.1) is 0 Å². The molecule has 0 aromatic heterocycles. The molecule has 0 amide bonds. The summed E-state index contributed by atoms with van der Waals surface area (Å²) in [7, 11) is 1.57. The molecule has 0 spiro atoms. The Hall–Kier alpha value is -2.53. The predicted octanol–water partition coefficient (Wildman–Crippen LogP) is 4.85. The van der Waals surface area contributed by atoms with Crippen molar-refractivity contribution in [3.05, 3.63) is 56.7 Å². The van der Waals surface area contributed by atoms with Gasteiger partial charge in [-0.3, -0.25) is 0 Å². The Morgan fingerprint density at radius 2 is 1.85 bits per heavy atom. The fourth-order valence-electron chi connectivity index (χ4n) is 2.31. The van der Waals surface area contributed by atoms with Gasteiger partial charge in [-0.1, -0.05) is 12.1 Å². The molecule has 0 atom stereocenters. The van der Waals surface area contributed by atoms with E-state index in [1.807, 2.05) is 26.0 Å². The average Bonchev–Trinajstić information content (AvgIpc) is 2.61. The van der Waals surface area contributed by atoms with Gasteiger partial charge in [0, 0.05) is 0 Å². The van der Waals surface area contributed by atoms with Crippen molar-refractivity contribution in [3.8, 4) is 17.6 Å². The molecule has 0 unspecified atom stereocenters. The van der Waals surface area contributed by atoms with Crippen LogP contribution in [0.5, 0.6) is 11.5 Å². The summed E-state index contributed by atoms with van der Waals surface area (Å²) in [5.41, 5.74) is 2.05. The lowest BCUT2D eigenvalue weighted by atomic mass is 10.0. The zero-order valence-corrected chi connectivity index (χ0v) is 16.8. The summed E-state index contributed by atoms with van der Waals surface area (Å²) in [4.78, 5) is 11.0. The lowest BCUT2D eigenvalue weighted by Gasteiger charge is -2.16. The number of ether oxygens (including phenoxy) is 2. The molecule has 0 radical (unpaired) electrons. The molecular weight excluding hydrogens is 445 g/mol. The Labute approximate surface area is 166 Å². The number of methoxy groups -OCH3 is 1. The fraction of sp³-hybridized carbons (Fsp3) is 0.200. The van der Waals surface area contributed by atoms with E-state index in [9.17, 15) is 10.1 Å². The molecule has 6 heteroatoms. The van der Waals surface area contributed by atoms with Gasteiger partial charge >= 0.3 is 5.97 Å². The first-order valence-corrected chi connectivity index (χ1v) is 8.93. The highest BCUT2D eigenvalue weighted by atomic mass is 127. The van der Waals surface area contributed by atoms with Crippen LogP contribution in [0, 0.1) is 14.9 Å². The first-order chi connectivity index (χ1) is 12.3. The van der Waals surface area contributed by atoms with Crippen molar-refractivity contribution < 1.29 is 19.4 Å². The number of allylic oxidation sites excluding steroid dienone is 1. The summed E-state index contributed by atoms with van der Waals surface area (Å²) in [6.45, 7) is 3.88. The van der Waals surface area contributed by atoms with E-state index in [0.717, 1.165) is 9.13 Å². The molecule has 0 aliphatic heterocycles. The largest absolute Gasteiger partial charge is 0.493 e. The van der Waals surface area contributed by atoms with Gasteiger partial charge in [0.15, 0.2) is 11.5 Å². The minimum Gasteiger partial charge on any atom is -0.493 e. The van der Waals surface area contributed by atoms with Crippen molar-refractivity contribution in [2.24, 2.45) is 0 Å². The number of carboxylic acids is 1. The van der Waals surface area contributed by atoms with Gasteiger partial charge in [-0.2, -0.15) is 5.26 Å². The van der Waals surface area contributed by atoms with Crippen LogP contribution in [0.1, 0.15) is 35.3 Å². The van der Waals surface area contributed by atoms with Crippen LogP contribution in [0.15, 0.2) is 36.4 Å². The van der Waals surface area contributed by atoms with Crippen molar-refractivity contribution in [1.29, 1.82) is 5.26 Å². The highest BCUT2D eigenvalue weighted by Crippen LogP contribution is 2.35. The monoisotopic (exact) mass is 463 g/mol. The van der Waals surface area contributed by atoms with Crippen molar-refractivity contribution in [3.63, 3.8) is 0 Å². The number of carboxylic acid groups (broad SMARTS) is 1. The van der Waals surface area contributed by atoms with Crippen molar-refractivity contribution in [2.75, 3.05) is 7.11 Å². The van der Waals surface area contributed by atoms with Crippen LogP contribution in [0.2, 0.25) is 0 Å². The molecule has 2 aromatic rings. The molecule has 0 saturated carbocycles. The van der Waals surface area contributed by atoms with Crippen molar-refractivity contribution >= 4 is 40.2 Å². The molecule has 0 aliphatic rings. The zero-order valence-electron chi connectivity index (χ0n) is 14.6. The van der Waals surface area contributed by atoms with E-state index >= 15 is 0 Å². The minimum absolute atomic E-state index is 0.0150. The smallest absolute Gasteiger partial charge is 0.335 e. The second kappa shape index (κ2) is 8.72. The van der Waals surface area contributed by atoms with Gasteiger partial charge in [-0.25, -0.2) is 4.79 Å². The molecule has 0 bridgehead atoms. The molecule has 0 saturated heterocycles. The van der Waals surface area contributed by atoms with Crippen LogP contribution in [0.3, 0.4) is 0 Å². The quantitative estimate of drug-likeness (QED) is 0.377. The van der Waals surface area contributed by atoms with E-state index in [0.29, 0.717) is 22.6 Å². The topological polar surface area (TPSA) is 79.5 Å². The molecule has 0 fully saturated rings. The number of hydrogen-bond donors (Lipinski definition) is 1. The van der Waals surface area contributed by atoms with Crippen LogP contribution in [0.4, 0.5) is 0 Å². The van der Waals surface area contributed by atoms with Crippen LogP contribution in [0.25, 0.3) is 11.6 Å². The normalized spacial score (nSPS) is 11.2. The SMILES string of the molecule is COc1cc(C=C(C#N)c2ccc(C(=O)O)cc2)cc(I)c1OC(C)C. The van der Waals surface area contributed by atoms with Gasteiger partial charge < -0.3 is 14.6 Å². The van der Waals surface area contributed by atoms with Crippen molar-refractivity contribution in [2.45, 2.75) is 20.0 Å². The Kier molecular flexibility index (Phi) is 6.64. The Balaban J connectivity index is 2.44. The van der Waals surface area contributed by atoms with Gasteiger partial charge in [0.1, 0.15) is 0 Å². The first kappa shape index (κ1) is 19.8. The predicted molar refractivity (Wildman–Crippen MR) is 108 cm³/mol. The zero-order chi connectivity index (χ0) is 19.3. The number of nitrogens with zero attached hydrogens (tertiary/aromatic N) is 1. The number of rotatable bonds is 6. The van der Waals surface area contributed by atoms with Gasteiger partial charge in [0.25, 0.3) is 0 Å². The standard InChI is InChI=1S/C20H18INO4/c1-12(2)26-19-17(21)9-13(10-18(19)25-3)8-16(11-22)14-4-6-15(7-5-14)20(23)24/h4-10,12H,1-3H3,(H,23,24). The second-order valence-corrected chi connectivity index (χ2v) is 6.92. The lowest BCUT2D eigenvalue weighted by Crippen LogP contribution is -2.08. The Morgan fingerprint density at radius 3 is 2.35 bits per heavy atom. The van der Waals surface area contributed by atoms with Crippen LogP contribution in [-0.4, -0.2) is 24.3 Å². The van der Waals surface area contributed by atoms with Gasteiger partial charge in [0.05, 0.1) is 34.0 Å². The maximum absolute atomic E-state index is 11.0. The first-order valence-electron chi connectivity index (χ1n) is 7.85. The molecule has 1 N–H and O–H groups in total. The van der Waals surface area contributed by atoms with E-state index in [4.69, 9.17) is 14.6 Å². The maximum atomic E-state index is 11.0. The summed E-state index contributed by atoms with van der Waals surface area (Å²) in [6, 6.07) is 12.1. The molecule has 134 valence electrons. The van der Waals surface area contributed by atoms with E-state index < -0.39 is 5.97 Å². The third kappa shape index (κ3) is 4.76. The number of nitriles is 1. The number of hydrogen-bond acceptors (Lipinski definition) is 4. The molecule has 0 heterocycles. The number of benzene rings is 2. The minimum atomic E-state index is -1.00. The molecular formula is C20H18INO4. The molecule has 5 nitrogen and oxygen atoms in total. The third-order valence-electron chi connectivity index (χ3n) is 3.48. The lowest BCUT2D eigenvalue weighted by molar-refractivity contribution is 0.0697. The molecule has 26 heavy (non-hydrogen) atoms. The average molecular weight is 463 g/mol. The fourth-order valence-corrected chi connectivity index (χ4v) is 3.06. The van der Waals surface area contributed by atoms with Gasteiger partial charge in [-0.05, 0) is 77.9 Å². The summed E-state index contributed by atoms with van der Waals surface area (Å²) >= 11 is 2.17. The number of halogens is 1. The van der Waals surface area contributed by atoms with Crippen LogP contribution >= 0.6 is 22.6 Å². The Bertz CT molecular complexity index is 880. The van der Waals surface area contributed by atoms with Crippen molar-refractivity contribution in [1.82, 2.24) is 0 Å².